The van der Waals surface area contributed by atoms with E-state index in [-0.39, 0.29) is 16.2 Å². The zero-order valence-corrected chi connectivity index (χ0v) is 16.5. The largest absolute Gasteiger partial charge is 0.454 e. The van der Waals surface area contributed by atoms with Gasteiger partial charge in [0.15, 0.2) is 12.4 Å². The quantitative estimate of drug-likeness (QED) is 0.512. The highest BCUT2D eigenvalue weighted by atomic mass is 32.2. The van der Waals surface area contributed by atoms with Crippen LogP contribution < -0.4 is 0 Å². The Kier molecular flexibility index (Phi) is 6.87. The van der Waals surface area contributed by atoms with E-state index in [0.717, 1.165) is 5.56 Å². The van der Waals surface area contributed by atoms with Gasteiger partial charge in [0.1, 0.15) is 0 Å². The summed E-state index contributed by atoms with van der Waals surface area (Å²) in [6.45, 7) is 5.66. The van der Waals surface area contributed by atoms with Crippen molar-refractivity contribution in [3.8, 4) is 0 Å². The number of benzene rings is 2. The van der Waals surface area contributed by atoms with Gasteiger partial charge >= 0.3 is 5.97 Å². The summed E-state index contributed by atoms with van der Waals surface area (Å²) in [7, 11) is -3.68. The van der Waals surface area contributed by atoms with Gasteiger partial charge in [0.2, 0.25) is 10.0 Å². The van der Waals surface area contributed by atoms with Crippen molar-refractivity contribution in [1.29, 1.82) is 0 Å². The van der Waals surface area contributed by atoms with Crippen molar-refractivity contribution in [2.24, 2.45) is 0 Å². The average molecular weight is 389 g/mol. The van der Waals surface area contributed by atoms with Crippen LogP contribution in [0.2, 0.25) is 0 Å². The second kappa shape index (κ2) is 8.92. The zero-order chi connectivity index (χ0) is 20.0. The van der Waals surface area contributed by atoms with E-state index in [0.29, 0.717) is 18.7 Å². The fourth-order valence-electron chi connectivity index (χ4n) is 2.53. The Hall–Kier alpha value is -2.51. The number of ketones is 1. The van der Waals surface area contributed by atoms with Crippen LogP contribution in [0, 0.1) is 6.92 Å². The Balaban J connectivity index is 2.11. The molecule has 0 saturated heterocycles. The summed E-state index contributed by atoms with van der Waals surface area (Å²) >= 11 is 0. The molecule has 0 bridgehead atoms. The maximum absolute atomic E-state index is 12.6. The van der Waals surface area contributed by atoms with Gasteiger partial charge in [0.05, 0.1) is 10.5 Å². The number of esters is 1. The van der Waals surface area contributed by atoms with Crippen LogP contribution in [-0.2, 0) is 14.8 Å². The molecule has 2 aromatic rings. The molecule has 6 nitrogen and oxygen atoms in total. The SMILES string of the molecule is CCN(CC)S(=O)(=O)c1cccc(C(=O)OCC(=O)c2ccc(C)cc2)c1. The molecule has 0 heterocycles. The lowest BCUT2D eigenvalue weighted by Gasteiger charge is -2.18. The highest BCUT2D eigenvalue weighted by molar-refractivity contribution is 7.89. The Labute approximate surface area is 159 Å². The standard InChI is InChI=1S/C20H23NO5S/c1-4-21(5-2)27(24,25)18-8-6-7-17(13-18)20(23)26-14-19(22)16-11-9-15(3)10-12-16/h6-13H,4-5,14H2,1-3H3. The van der Waals surface area contributed by atoms with Crippen LogP contribution in [0.25, 0.3) is 0 Å². The second-order valence-electron chi connectivity index (χ2n) is 5.98. The van der Waals surface area contributed by atoms with Gasteiger partial charge in [-0.2, -0.15) is 4.31 Å². The molecule has 0 spiro atoms. The second-order valence-corrected chi connectivity index (χ2v) is 7.92. The Morgan fingerprint density at radius 2 is 1.59 bits per heavy atom. The van der Waals surface area contributed by atoms with E-state index in [9.17, 15) is 18.0 Å². The molecule has 2 rings (SSSR count). The van der Waals surface area contributed by atoms with E-state index in [2.05, 4.69) is 0 Å². The highest BCUT2D eigenvalue weighted by Gasteiger charge is 2.23. The molecule has 0 aliphatic rings. The van der Waals surface area contributed by atoms with Crippen LogP contribution in [0.15, 0.2) is 53.4 Å². The molecule has 7 heteroatoms. The van der Waals surface area contributed by atoms with E-state index in [4.69, 9.17) is 4.74 Å². The molecule has 0 aliphatic heterocycles. The van der Waals surface area contributed by atoms with Gasteiger partial charge < -0.3 is 4.74 Å². The van der Waals surface area contributed by atoms with Crippen molar-refractivity contribution in [3.05, 3.63) is 65.2 Å². The van der Waals surface area contributed by atoms with E-state index in [1.165, 1.54) is 28.6 Å². The molecule has 0 saturated carbocycles. The molecule has 0 atom stereocenters. The number of Topliss-reactive ketones (excluding diaryl/α,β-unsaturated/α-hetero) is 1. The van der Waals surface area contributed by atoms with Crippen molar-refractivity contribution in [1.82, 2.24) is 4.31 Å². The molecule has 2 aromatic carbocycles. The minimum atomic E-state index is -3.68. The first kappa shape index (κ1) is 20.8. The normalized spacial score (nSPS) is 11.4. The summed E-state index contributed by atoms with van der Waals surface area (Å²) in [5.74, 6) is -1.07. The third-order valence-electron chi connectivity index (χ3n) is 4.12. The lowest BCUT2D eigenvalue weighted by Crippen LogP contribution is -2.30. The lowest BCUT2D eigenvalue weighted by atomic mass is 10.1. The fraction of sp³-hybridized carbons (Fsp3) is 0.300. The Bertz CT molecular complexity index is 916. The van der Waals surface area contributed by atoms with Gasteiger partial charge in [-0.25, -0.2) is 13.2 Å². The van der Waals surface area contributed by atoms with Crippen molar-refractivity contribution in [2.45, 2.75) is 25.7 Å². The van der Waals surface area contributed by atoms with Crippen molar-refractivity contribution >= 4 is 21.8 Å². The first-order valence-electron chi connectivity index (χ1n) is 8.66. The maximum atomic E-state index is 12.6. The van der Waals surface area contributed by atoms with Crippen LogP contribution in [0.4, 0.5) is 0 Å². The predicted molar refractivity (Wildman–Crippen MR) is 102 cm³/mol. The molecule has 0 fully saturated rings. The summed E-state index contributed by atoms with van der Waals surface area (Å²) < 4.78 is 31.5. The lowest BCUT2D eigenvalue weighted by molar-refractivity contribution is 0.0474. The number of sulfonamides is 1. The molecule has 0 N–H and O–H groups in total. The van der Waals surface area contributed by atoms with Gasteiger partial charge in [0, 0.05) is 18.7 Å². The molecule has 0 amide bonds. The number of hydrogen-bond donors (Lipinski definition) is 0. The smallest absolute Gasteiger partial charge is 0.338 e. The fourth-order valence-corrected chi connectivity index (χ4v) is 4.04. The molecule has 0 aromatic heterocycles. The molecule has 0 aliphatic carbocycles. The van der Waals surface area contributed by atoms with Crippen LogP contribution in [0.3, 0.4) is 0 Å². The number of nitrogens with zero attached hydrogens (tertiary/aromatic N) is 1. The third kappa shape index (κ3) is 5.02. The summed E-state index contributed by atoms with van der Waals surface area (Å²) in [6.07, 6.45) is 0. The van der Waals surface area contributed by atoms with E-state index in [1.807, 2.05) is 6.92 Å². The summed E-state index contributed by atoms with van der Waals surface area (Å²) in [4.78, 5) is 24.4. The van der Waals surface area contributed by atoms with Gasteiger partial charge in [-0.3, -0.25) is 4.79 Å². The number of carbonyl (C=O) groups excluding carboxylic acids is 2. The van der Waals surface area contributed by atoms with Gasteiger partial charge in [-0.15, -0.1) is 0 Å². The zero-order valence-electron chi connectivity index (χ0n) is 15.6. The minimum absolute atomic E-state index is 0.0190. The first-order valence-corrected chi connectivity index (χ1v) is 10.1. The van der Waals surface area contributed by atoms with Crippen molar-refractivity contribution < 1.29 is 22.7 Å². The Morgan fingerprint density at radius 1 is 0.963 bits per heavy atom. The van der Waals surface area contributed by atoms with Crippen LogP contribution in [0.5, 0.6) is 0 Å². The average Bonchev–Trinajstić information content (AvgIpc) is 2.67. The minimum Gasteiger partial charge on any atom is -0.454 e. The third-order valence-corrected chi connectivity index (χ3v) is 6.17. The molecular weight excluding hydrogens is 366 g/mol. The Morgan fingerprint density at radius 3 is 2.19 bits per heavy atom. The molecule has 27 heavy (non-hydrogen) atoms. The topological polar surface area (TPSA) is 80.8 Å². The van der Waals surface area contributed by atoms with Crippen molar-refractivity contribution in [3.63, 3.8) is 0 Å². The van der Waals surface area contributed by atoms with E-state index in [1.54, 1.807) is 38.1 Å². The van der Waals surface area contributed by atoms with Gasteiger partial charge in [-0.1, -0.05) is 49.7 Å². The number of carbonyl (C=O) groups is 2. The number of ether oxygens (including phenoxy) is 1. The van der Waals surface area contributed by atoms with Crippen LogP contribution >= 0.6 is 0 Å². The first-order chi connectivity index (χ1) is 12.8. The molecule has 0 radical (unpaired) electrons. The molecule has 0 unspecified atom stereocenters. The van der Waals surface area contributed by atoms with Gasteiger partial charge in [-0.05, 0) is 25.1 Å². The van der Waals surface area contributed by atoms with E-state index < -0.39 is 22.6 Å². The monoisotopic (exact) mass is 389 g/mol. The van der Waals surface area contributed by atoms with Crippen molar-refractivity contribution in [2.75, 3.05) is 19.7 Å². The summed E-state index contributed by atoms with van der Waals surface area (Å²) in [5, 5.41) is 0. The van der Waals surface area contributed by atoms with Gasteiger partial charge in [0.25, 0.3) is 0 Å². The highest BCUT2D eigenvalue weighted by Crippen LogP contribution is 2.17. The molecule has 144 valence electrons. The predicted octanol–water partition coefficient (Wildman–Crippen LogP) is 3.07. The maximum Gasteiger partial charge on any atom is 0.338 e. The number of aryl methyl sites for hydroxylation is 1. The summed E-state index contributed by atoms with van der Waals surface area (Å²) in [6, 6.07) is 12.6. The summed E-state index contributed by atoms with van der Waals surface area (Å²) in [5.41, 5.74) is 1.56. The molecular formula is C20H23NO5S. The number of rotatable bonds is 8. The van der Waals surface area contributed by atoms with Crippen LogP contribution in [-0.4, -0.2) is 44.2 Å². The number of hydrogen-bond acceptors (Lipinski definition) is 5. The van der Waals surface area contributed by atoms with Crippen LogP contribution in [0.1, 0.15) is 40.1 Å². The van der Waals surface area contributed by atoms with E-state index >= 15 is 0 Å².